The second-order valence-electron chi connectivity index (χ2n) is 4.26. The third kappa shape index (κ3) is 2.42. The molecule has 2 N–H and O–H groups in total. The predicted octanol–water partition coefficient (Wildman–Crippen LogP) is 5.39. The average Bonchev–Trinajstić information content (AvgIpc) is 3.06. The molecule has 0 atom stereocenters. The van der Waals surface area contributed by atoms with Gasteiger partial charge in [-0.15, -0.1) is 22.7 Å². The third-order valence-electron chi connectivity index (χ3n) is 2.99. The summed E-state index contributed by atoms with van der Waals surface area (Å²) in [5.41, 5.74) is 7.59. The topological polar surface area (TPSA) is 49.8 Å². The number of thiophene rings is 2. The van der Waals surface area contributed by atoms with Gasteiger partial charge >= 0.3 is 0 Å². The first-order chi connectivity index (χ1) is 10.1. The van der Waals surface area contributed by atoms with E-state index in [0.29, 0.717) is 31.6 Å². The molecule has 21 heavy (non-hydrogen) atoms. The molecule has 0 aliphatic carbocycles. The molecule has 2 heterocycles. The molecular weight excluding hydrogens is 327 g/mol. The number of benzene rings is 1. The highest BCUT2D eigenvalue weighted by Gasteiger charge is 2.21. The molecule has 3 rings (SSSR count). The fourth-order valence-corrected chi connectivity index (χ4v) is 4.13. The number of hydrogen-bond donors (Lipinski definition) is 1. The van der Waals surface area contributed by atoms with Crippen LogP contribution in [0.1, 0.15) is 4.88 Å². The lowest BCUT2D eigenvalue weighted by Gasteiger charge is -2.05. The van der Waals surface area contributed by atoms with E-state index in [2.05, 4.69) is 6.07 Å². The van der Waals surface area contributed by atoms with Crippen molar-refractivity contribution in [3.05, 3.63) is 51.4 Å². The smallest absolute Gasteiger partial charge is 0.133 e. The monoisotopic (exact) mass is 334 g/mol. The lowest BCUT2D eigenvalue weighted by molar-refractivity contribution is 0.632. The SMILES string of the molecule is N#Cc1sc(-c2ccc(Cl)cc2F)c(-c2cccs2)c1N. The Morgan fingerprint density at radius 3 is 2.71 bits per heavy atom. The maximum atomic E-state index is 14.2. The molecule has 104 valence electrons. The third-order valence-corrected chi connectivity index (χ3v) is 5.26. The fourth-order valence-electron chi connectivity index (χ4n) is 2.06. The maximum absolute atomic E-state index is 14.2. The van der Waals surface area contributed by atoms with E-state index in [1.54, 1.807) is 12.1 Å². The van der Waals surface area contributed by atoms with E-state index < -0.39 is 5.82 Å². The summed E-state index contributed by atoms with van der Waals surface area (Å²) >= 11 is 8.49. The molecule has 6 heteroatoms. The van der Waals surface area contributed by atoms with Gasteiger partial charge in [-0.1, -0.05) is 17.7 Å². The zero-order chi connectivity index (χ0) is 15.0. The summed E-state index contributed by atoms with van der Waals surface area (Å²) in [6, 6.07) is 10.4. The van der Waals surface area contributed by atoms with E-state index in [1.807, 2.05) is 17.5 Å². The van der Waals surface area contributed by atoms with Gasteiger partial charge in [-0.05, 0) is 29.6 Å². The van der Waals surface area contributed by atoms with E-state index in [4.69, 9.17) is 17.3 Å². The van der Waals surface area contributed by atoms with Crippen LogP contribution in [-0.2, 0) is 0 Å². The van der Waals surface area contributed by atoms with E-state index >= 15 is 0 Å². The summed E-state index contributed by atoms with van der Waals surface area (Å²) < 4.78 is 14.2. The van der Waals surface area contributed by atoms with Crippen molar-refractivity contribution in [1.29, 1.82) is 5.26 Å². The van der Waals surface area contributed by atoms with Gasteiger partial charge in [0.1, 0.15) is 16.8 Å². The highest BCUT2D eigenvalue weighted by molar-refractivity contribution is 7.18. The zero-order valence-electron chi connectivity index (χ0n) is 10.6. The Balaban J connectivity index is 2.30. The Labute approximate surface area is 133 Å². The van der Waals surface area contributed by atoms with Gasteiger partial charge in [0.2, 0.25) is 0 Å². The second kappa shape index (κ2) is 5.49. The van der Waals surface area contributed by atoms with E-state index in [0.717, 1.165) is 4.88 Å². The molecule has 0 saturated carbocycles. The first-order valence-corrected chi connectivity index (χ1v) is 8.01. The normalized spacial score (nSPS) is 10.5. The van der Waals surface area contributed by atoms with Crippen molar-refractivity contribution < 1.29 is 4.39 Å². The number of hydrogen-bond acceptors (Lipinski definition) is 4. The van der Waals surface area contributed by atoms with Crippen molar-refractivity contribution in [3.8, 4) is 27.0 Å². The van der Waals surface area contributed by atoms with Crippen LogP contribution in [0.2, 0.25) is 5.02 Å². The van der Waals surface area contributed by atoms with Crippen molar-refractivity contribution >= 4 is 40.0 Å². The lowest BCUT2D eigenvalue weighted by atomic mass is 10.1. The summed E-state index contributed by atoms with van der Waals surface area (Å²) in [4.78, 5) is 1.96. The number of rotatable bonds is 2. The molecule has 0 saturated heterocycles. The summed E-state index contributed by atoms with van der Waals surface area (Å²) in [5, 5.41) is 11.4. The molecule has 0 aliphatic heterocycles. The molecule has 3 aromatic rings. The highest BCUT2D eigenvalue weighted by atomic mass is 35.5. The standard InChI is InChI=1S/C15H8ClFN2S2/c16-8-3-4-9(10(17)6-8)15-13(11-2-1-5-20-11)14(19)12(7-18)21-15/h1-6H,19H2. The second-order valence-corrected chi connectivity index (χ2v) is 6.67. The van der Waals surface area contributed by atoms with Crippen molar-refractivity contribution in [2.45, 2.75) is 0 Å². The summed E-state index contributed by atoms with van der Waals surface area (Å²) in [6.45, 7) is 0. The Kier molecular flexibility index (Phi) is 3.68. The molecular formula is C15H8ClFN2S2. The molecule has 0 aliphatic rings. The Hall–Kier alpha value is -1.87. The minimum atomic E-state index is -0.425. The average molecular weight is 335 g/mol. The van der Waals surface area contributed by atoms with Crippen LogP contribution in [-0.4, -0.2) is 0 Å². The molecule has 2 aromatic heterocycles. The minimum Gasteiger partial charge on any atom is -0.396 e. The quantitative estimate of drug-likeness (QED) is 0.683. The Morgan fingerprint density at radius 1 is 1.29 bits per heavy atom. The van der Waals surface area contributed by atoms with Gasteiger partial charge in [0.25, 0.3) is 0 Å². The van der Waals surface area contributed by atoms with Crippen LogP contribution in [0.3, 0.4) is 0 Å². The molecule has 2 nitrogen and oxygen atoms in total. The molecule has 0 radical (unpaired) electrons. The first kappa shape index (κ1) is 14.1. The number of nitrogens with two attached hydrogens (primary N) is 1. The number of anilines is 1. The molecule has 0 spiro atoms. The van der Waals surface area contributed by atoms with Crippen LogP contribution in [0.25, 0.3) is 20.9 Å². The first-order valence-electron chi connectivity index (χ1n) is 5.93. The van der Waals surface area contributed by atoms with Crippen molar-refractivity contribution in [3.63, 3.8) is 0 Å². The van der Waals surface area contributed by atoms with E-state index in [-0.39, 0.29) is 0 Å². The van der Waals surface area contributed by atoms with Gasteiger partial charge in [0.05, 0.1) is 5.69 Å². The molecule has 0 fully saturated rings. The summed E-state index contributed by atoms with van der Waals surface area (Å²) in [6.07, 6.45) is 0. The van der Waals surface area contributed by atoms with Gasteiger partial charge < -0.3 is 5.73 Å². The summed E-state index contributed by atoms with van der Waals surface area (Å²) in [7, 11) is 0. The van der Waals surface area contributed by atoms with E-state index in [1.165, 1.54) is 28.7 Å². The minimum absolute atomic E-state index is 0.332. The lowest BCUT2D eigenvalue weighted by Crippen LogP contribution is -1.89. The zero-order valence-corrected chi connectivity index (χ0v) is 13.0. The largest absolute Gasteiger partial charge is 0.396 e. The Bertz CT molecular complexity index is 847. The van der Waals surface area contributed by atoms with Crippen LogP contribution >= 0.6 is 34.3 Å². The van der Waals surface area contributed by atoms with Crippen LogP contribution in [0.15, 0.2) is 35.7 Å². The summed E-state index contributed by atoms with van der Waals surface area (Å²) in [5.74, 6) is -0.425. The molecule has 1 aromatic carbocycles. The number of nitriles is 1. The highest BCUT2D eigenvalue weighted by Crippen LogP contribution is 2.46. The van der Waals surface area contributed by atoms with E-state index in [9.17, 15) is 9.65 Å². The number of nitrogens with zero attached hydrogens (tertiary/aromatic N) is 1. The molecule has 0 amide bonds. The van der Waals surface area contributed by atoms with Gasteiger partial charge in [0, 0.05) is 25.9 Å². The van der Waals surface area contributed by atoms with Gasteiger partial charge in [0.15, 0.2) is 0 Å². The van der Waals surface area contributed by atoms with Crippen molar-refractivity contribution in [1.82, 2.24) is 0 Å². The Morgan fingerprint density at radius 2 is 2.10 bits per heavy atom. The van der Waals surface area contributed by atoms with Gasteiger partial charge in [-0.3, -0.25) is 0 Å². The van der Waals surface area contributed by atoms with Gasteiger partial charge in [-0.2, -0.15) is 5.26 Å². The van der Waals surface area contributed by atoms with Crippen LogP contribution < -0.4 is 5.73 Å². The van der Waals surface area contributed by atoms with Gasteiger partial charge in [-0.25, -0.2) is 4.39 Å². The predicted molar refractivity (Wildman–Crippen MR) is 87.2 cm³/mol. The molecule has 0 unspecified atom stereocenters. The van der Waals surface area contributed by atoms with Crippen molar-refractivity contribution in [2.75, 3.05) is 5.73 Å². The number of halogens is 2. The maximum Gasteiger partial charge on any atom is 0.133 e. The van der Waals surface area contributed by atoms with Crippen LogP contribution in [0.4, 0.5) is 10.1 Å². The molecule has 0 bridgehead atoms. The van der Waals surface area contributed by atoms with Crippen LogP contribution in [0, 0.1) is 17.1 Å². The van der Waals surface area contributed by atoms with Crippen LogP contribution in [0.5, 0.6) is 0 Å². The fraction of sp³-hybridized carbons (Fsp3) is 0. The van der Waals surface area contributed by atoms with Crippen molar-refractivity contribution in [2.24, 2.45) is 0 Å². The number of nitrogen functional groups attached to an aromatic ring is 1.